The average Bonchev–Trinajstić information content (AvgIpc) is 2.92. The summed E-state index contributed by atoms with van der Waals surface area (Å²) in [6, 6.07) is 4.91. The lowest BCUT2D eigenvalue weighted by atomic mass is 9.98. The number of aliphatic hydroxyl groups is 1. The van der Waals surface area contributed by atoms with Gasteiger partial charge in [0.05, 0.1) is 6.04 Å². The van der Waals surface area contributed by atoms with Crippen molar-refractivity contribution in [2.24, 2.45) is 5.92 Å². The van der Waals surface area contributed by atoms with Crippen LogP contribution in [0.15, 0.2) is 18.2 Å². The maximum Gasteiger partial charge on any atom is 0.317 e. The summed E-state index contributed by atoms with van der Waals surface area (Å²) in [5.41, 5.74) is 1.65. The van der Waals surface area contributed by atoms with Crippen molar-refractivity contribution in [3.63, 3.8) is 0 Å². The summed E-state index contributed by atoms with van der Waals surface area (Å²) >= 11 is 0. The highest BCUT2D eigenvalue weighted by Gasteiger charge is 2.29. The van der Waals surface area contributed by atoms with Crippen LogP contribution in [0.3, 0.4) is 0 Å². The molecule has 2 N–H and O–H groups in total. The van der Waals surface area contributed by atoms with Crippen molar-refractivity contribution in [1.82, 2.24) is 10.2 Å². The number of carbonyl (C=O) groups excluding carboxylic acids is 1. The number of amides is 2. The third-order valence-electron chi connectivity index (χ3n) is 4.67. The second kappa shape index (κ2) is 6.02. The molecular weight excluding hydrogens is 271 g/mol. The molecule has 0 spiro atoms. The first-order chi connectivity index (χ1) is 10.2. The van der Waals surface area contributed by atoms with Crippen molar-refractivity contribution in [2.75, 3.05) is 19.7 Å². The Balaban J connectivity index is 1.61. The number of fused-ring (bicyclic) bond motifs is 1. The van der Waals surface area contributed by atoms with E-state index < -0.39 is 0 Å². The molecule has 5 heteroatoms. The largest absolute Gasteiger partial charge is 0.396 e. The number of likely N-dealkylation sites (tertiary alicyclic amines) is 1. The lowest BCUT2D eigenvalue weighted by Crippen LogP contribution is -2.45. The highest BCUT2D eigenvalue weighted by Crippen LogP contribution is 2.32. The normalized spacial score (nSPS) is 22.2. The molecule has 1 aromatic carbocycles. The minimum atomic E-state index is -0.173. The van der Waals surface area contributed by atoms with Gasteiger partial charge in [-0.2, -0.15) is 0 Å². The molecule has 1 aliphatic heterocycles. The zero-order chi connectivity index (χ0) is 14.8. The zero-order valence-corrected chi connectivity index (χ0v) is 12.0. The van der Waals surface area contributed by atoms with Gasteiger partial charge in [-0.3, -0.25) is 0 Å². The minimum absolute atomic E-state index is 0.0755. The molecule has 4 nitrogen and oxygen atoms in total. The fraction of sp³-hybridized carbons (Fsp3) is 0.562. The molecule has 1 atom stereocenters. The summed E-state index contributed by atoms with van der Waals surface area (Å²) in [4.78, 5) is 14.1. The lowest BCUT2D eigenvalue weighted by molar-refractivity contribution is 0.135. The van der Waals surface area contributed by atoms with Gasteiger partial charge in [0.25, 0.3) is 0 Å². The Morgan fingerprint density at radius 1 is 1.33 bits per heavy atom. The molecule has 1 saturated heterocycles. The molecule has 1 unspecified atom stereocenters. The number of rotatable bonds is 2. The summed E-state index contributed by atoms with van der Waals surface area (Å²) in [6.45, 7) is 1.56. The van der Waals surface area contributed by atoms with Crippen LogP contribution in [0.25, 0.3) is 0 Å². The number of hydrogen-bond donors (Lipinski definition) is 2. The topological polar surface area (TPSA) is 52.6 Å². The van der Waals surface area contributed by atoms with Crippen LogP contribution >= 0.6 is 0 Å². The molecule has 0 saturated carbocycles. The first-order valence-corrected chi connectivity index (χ1v) is 7.62. The van der Waals surface area contributed by atoms with Crippen molar-refractivity contribution in [3.05, 3.63) is 35.1 Å². The third kappa shape index (κ3) is 2.88. The van der Waals surface area contributed by atoms with E-state index in [-0.39, 0.29) is 24.5 Å². The molecule has 2 amide bonds. The number of nitrogens with one attached hydrogen (secondary N) is 1. The number of aliphatic hydroxyl groups excluding tert-OH is 1. The van der Waals surface area contributed by atoms with Gasteiger partial charge in [0.15, 0.2) is 0 Å². The molecule has 1 aromatic rings. The molecule has 0 bridgehead atoms. The van der Waals surface area contributed by atoms with Gasteiger partial charge in [0, 0.05) is 19.7 Å². The van der Waals surface area contributed by atoms with Gasteiger partial charge >= 0.3 is 6.03 Å². The third-order valence-corrected chi connectivity index (χ3v) is 4.67. The second-order valence-corrected chi connectivity index (χ2v) is 5.96. The van der Waals surface area contributed by atoms with Gasteiger partial charge in [-0.1, -0.05) is 12.1 Å². The van der Waals surface area contributed by atoms with Crippen LogP contribution in [0.4, 0.5) is 9.18 Å². The van der Waals surface area contributed by atoms with Gasteiger partial charge in [0.2, 0.25) is 0 Å². The number of halogens is 1. The van der Waals surface area contributed by atoms with Crippen LogP contribution in [0.5, 0.6) is 0 Å². The quantitative estimate of drug-likeness (QED) is 0.878. The van der Waals surface area contributed by atoms with Crippen LogP contribution in [0.2, 0.25) is 0 Å². The van der Waals surface area contributed by atoms with Crippen molar-refractivity contribution in [3.8, 4) is 0 Å². The van der Waals surface area contributed by atoms with Crippen LogP contribution < -0.4 is 5.32 Å². The smallest absolute Gasteiger partial charge is 0.317 e. The fourth-order valence-corrected chi connectivity index (χ4v) is 3.32. The summed E-state index contributed by atoms with van der Waals surface area (Å²) in [5, 5.41) is 12.1. The van der Waals surface area contributed by atoms with E-state index in [1.807, 2.05) is 6.07 Å². The molecule has 1 aliphatic carbocycles. The fourth-order valence-electron chi connectivity index (χ4n) is 3.32. The van der Waals surface area contributed by atoms with Crippen LogP contribution in [-0.2, 0) is 6.42 Å². The summed E-state index contributed by atoms with van der Waals surface area (Å²) in [7, 11) is 0. The van der Waals surface area contributed by atoms with Crippen molar-refractivity contribution in [2.45, 2.75) is 31.7 Å². The SMILES string of the molecule is O=C(NC1CCc2c(F)cccc21)N1CCC(CO)CC1. The standard InChI is InChI=1S/C16H21FN2O2/c17-14-3-1-2-13-12(14)4-5-15(13)18-16(21)19-8-6-11(10-20)7-9-19/h1-3,11,15,20H,4-10H2,(H,18,21). The van der Waals surface area contributed by atoms with Crippen LogP contribution in [0, 0.1) is 11.7 Å². The van der Waals surface area contributed by atoms with E-state index in [0.29, 0.717) is 25.4 Å². The first-order valence-electron chi connectivity index (χ1n) is 7.62. The Morgan fingerprint density at radius 3 is 2.81 bits per heavy atom. The molecule has 114 valence electrons. The molecule has 21 heavy (non-hydrogen) atoms. The predicted octanol–water partition coefficient (Wildman–Crippen LogP) is 2.23. The van der Waals surface area contributed by atoms with Gasteiger partial charge < -0.3 is 15.3 Å². The van der Waals surface area contributed by atoms with E-state index in [2.05, 4.69) is 5.32 Å². The average molecular weight is 292 g/mol. The monoisotopic (exact) mass is 292 g/mol. The van der Waals surface area contributed by atoms with Crippen molar-refractivity contribution < 1.29 is 14.3 Å². The van der Waals surface area contributed by atoms with E-state index in [1.54, 1.807) is 11.0 Å². The van der Waals surface area contributed by atoms with Crippen LogP contribution in [0.1, 0.15) is 36.4 Å². The van der Waals surface area contributed by atoms with E-state index in [4.69, 9.17) is 5.11 Å². The highest BCUT2D eigenvalue weighted by atomic mass is 19.1. The number of urea groups is 1. The number of hydrogen-bond acceptors (Lipinski definition) is 2. The Bertz CT molecular complexity index is 527. The number of carbonyl (C=O) groups is 1. The Hall–Kier alpha value is -1.62. The Labute approximate surface area is 124 Å². The summed E-state index contributed by atoms with van der Waals surface area (Å²) < 4.78 is 13.7. The number of piperidine rings is 1. The van der Waals surface area contributed by atoms with Gasteiger partial charge in [-0.25, -0.2) is 9.18 Å². The Morgan fingerprint density at radius 2 is 2.10 bits per heavy atom. The van der Waals surface area contributed by atoms with Gasteiger partial charge in [-0.05, 0) is 48.8 Å². The molecule has 0 aromatic heterocycles. The van der Waals surface area contributed by atoms with Crippen LogP contribution in [-0.4, -0.2) is 35.7 Å². The van der Waals surface area contributed by atoms with E-state index >= 15 is 0 Å². The molecule has 0 radical (unpaired) electrons. The number of nitrogens with zero attached hydrogens (tertiary/aromatic N) is 1. The molecular formula is C16H21FN2O2. The number of benzene rings is 1. The zero-order valence-electron chi connectivity index (χ0n) is 12.0. The summed E-state index contributed by atoms with van der Waals surface area (Å²) in [6.07, 6.45) is 3.13. The Kier molecular flexibility index (Phi) is 4.10. The molecule has 3 rings (SSSR count). The maximum absolute atomic E-state index is 13.7. The predicted molar refractivity (Wildman–Crippen MR) is 77.4 cm³/mol. The highest BCUT2D eigenvalue weighted by molar-refractivity contribution is 5.75. The van der Waals surface area contributed by atoms with E-state index in [0.717, 1.165) is 30.4 Å². The maximum atomic E-state index is 13.7. The molecule has 1 fully saturated rings. The molecule has 1 heterocycles. The first kappa shape index (κ1) is 14.3. The second-order valence-electron chi connectivity index (χ2n) is 5.96. The van der Waals surface area contributed by atoms with E-state index in [9.17, 15) is 9.18 Å². The van der Waals surface area contributed by atoms with Gasteiger partial charge in [-0.15, -0.1) is 0 Å². The minimum Gasteiger partial charge on any atom is -0.396 e. The molecule has 2 aliphatic rings. The van der Waals surface area contributed by atoms with Gasteiger partial charge in [0.1, 0.15) is 5.82 Å². The van der Waals surface area contributed by atoms with Crippen molar-refractivity contribution in [1.29, 1.82) is 0 Å². The lowest BCUT2D eigenvalue weighted by Gasteiger charge is -2.32. The van der Waals surface area contributed by atoms with Crippen molar-refractivity contribution >= 4 is 6.03 Å². The summed E-state index contributed by atoms with van der Waals surface area (Å²) in [5.74, 6) is 0.142. The van der Waals surface area contributed by atoms with E-state index in [1.165, 1.54) is 6.07 Å².